The highest BCUT2D eigenvalue weighted by atomic mass is 16.5. The molecule has 1 fully saturated rings. The Morgan fingerprint density at radius 1 is 1.29 bits per heavy atom. The number of amides is 1. The van der Waals surface area contributed by atoms with Gasteiger partial charge in [0.1, 0.15) is 5.82 Å². The van der Waals surface area contributed by atoms with Crippen LogP contribution in [0, 0.1) is 0 Å². The maximum atomic E-state index is 12.5. The largest absolute Gasteiger partial charge is 0.469 e. The highest BCUT2D eigenvalue weighted by Crippen LogP contribution is 2.34. The zero-order valence-electron chi connectivity index (χ0n) is 14.2. The topological polar surface area (TPSA) is 64.4 Å². The van der Waals surface area contributed by atoms with Crippen molar-refractivity contribution in [1.82, 2.24) is 14.5 Å². The third kappa shape index (κ3) is 3.00. The minimum atomic E-state index is -0.347. The highest BCUT2D eigenvalue weighted by molar-refractivity contribution is 5.82. The van der Waals surface area contributed by atoms with Crippen molar-refractivity contribution < 1.29 is 14.3 Å². The van der Waals surface area contributed by atoms with Gasteiger partial charge in [-0.15, -0.1) is 0 Å². The van der Waals surface area contributed by atoms with Gasteiger partial charge in [-0.2, -0.15) is 0 Å². The van der Waals surface area contributed by atoms with E-state index in [4.69, 9.17) is 4.98 Å². The summed E-state index contributed by atoms with van der Waals surface area (Å²) in [5, 5.41) is 0. The molecule has 2 heterocycles. The number of carbonyl (C=O) groups is 2. The molecular formula is C18H23N3O3. The molecule has 1 aliphatic rings. The lowest BCUT2D eigenvalue weighted by molar-refractivity contribution is -0.143. The van der Waals surface area contributed by atoms with Gasteiger partial charge in [0.2, 0.25) is 5.91 Å². The van der Waals surface area contributed by atoms with E-state index in [9.17, 15) is 9.59 Å². The molecule has 0 unspecified atom stereocenters. The van der Waals surface area contributed by atoms with Gasteiger partial charge in [0.05, 0.1) is 30.6 Å². The molecule has 1 aromatic carbocycles. The van der Waals surface area contributed by atoms with Gasteiger partial charge in [-0.25, -0.2) is 4.98 Å². The van der Waals surface area contributed by atoms with Gasteiger partial charge in [-0.05, 0) is 31.9 Å². The van der Waals surface area contributed by atoms with Crippen molar-refractivity contribution in [3.8, 4) is 0 Å². The number of benzene rings is 1. The van der Waals surface area contributed by atoms with Crippen LogP contribution in [0.15, 0.2) is 24.3 Å². The van der Waals surface area contributed by atoms with E-state index >= 15 is 0 Å². The predicted molar refractivity (Wildman–Crippen MR) is 90.3 cm³/mol. The summed E-state index contributed by atoms with van der Waals surface area (Å²) in [6.45, 7) is 3.63. The van der Waals surface area contributed by atoms with Crippen LogP contribution in [-0.4, -0.2) is 40.0 Å². The van der Waals surface area contributed by atoms with E-state index in [0.717, 1.165) is 42.8 Å². The molecule has 0 N–H and O–H groups in total. The van der Waals surface area contributed by atoms with Gasteiger partial charge < -0.3 is 14.2 Å². The van der Waals surface area contributed by atoms with E-state index < -0.39 is 0 Å². The fraction of sp³-hybridized carbons (Fsp3) is 0.500. The lowest BCUT2D eigenvalue weighted by Crippen LogP contribution is -2.32. The number of para-hydroxylation sites is 2. The molecular weight excluding hydrogens is 306 g/mol. The Kier molecular flexibility index (Phi) is 4.83. The Hall–Kier alpha value is -2.37. The Morgan fingerprint density at radius 2 is 2.08 bits per heavy atom. The van der Waals surface area contributed by atoms with Crippen LogP contribution in [-0.2, 0) is 20.9 Å². The van der Waals surface area contributed by atoms with E-state index in [-0.39, 0.29) is 30.8 Å². The molecule has 1 saturated heterocycles. The van der Waals surface area contributed by atoms with Gasteiger partial charge in [-0.3, -0.25) is 9.59 Å². The molecule has 6 nitrogen and oxygen atoms in total. The van der Waals surface area contributed by atoms with E-state index in [1.54, 1.807) is 0 Å². The molecule has 24 heavy (non-hydrogen) atoms. The molecule has 6 heteroatoms. The molecule has 1 aliphatic heterocycles. The Balaban J connectivity index is 1.85. The molecule has 1 aromatic heterocycles. The number of carbonyl (C=O) groups excluding carboxylic acids is 2. The third-order valence-corrected chi connectivity index (χ3v) is 4.64. The van der Waals surface area contributed by atoms with Crippen molar-refractivity contribution in [2.75, 3.05) is 13.7 Å². The first-order chi connectivity index (χ1) is 11.7. The van der Waals surface area contributed by atoms with Crippen LogP contribution >= 0.6 is 0 Å². The number of hydrogen-bond donors (Lipinski definition) is 0. The number of aryl methyl sites for hydroxylation is 1. The minimum Gasteiger partial charge on any atom is -0.469 e. The Morgan fingerprint density at radius 3 is 2.83 bits per heavy atom. The van der Waals surface area contributed by atoms with Crippen molar-refractivity contribution in [3.63, 3.8) is 0 Å². The molecule has 2 aromatic rings. The second kappa shape index (κ2) is 7.03. The lowest BCUT2D eigenvalue weighted by Gasteiger charge is -2.25. The van der Waals surface area contributed by atoms with E-state index in [2.05, 4.69) is 22.3 Å². The van der Waals surface area contributed by atoms with Crippen LogP contribution in [0.5, 0.6) is 0 Å². The number of imidazole rings is 1. The number of aromatic nitrogens is 2. The van der Waals surface area contributed by atoms with Crippen molar-refractivity contribution in [2.24, 2.45) is 0 Å². The van der Waals surface area contributed by atoms with Crippen LogP contribution in [0.25, 0.3) is 11.0 Å². The average Bonchev–Trinajstić information content (AvgIpc) is 3.22. The van der Waals surface area contributed by atoms with Crippen LogP contribution in [0.4, 0.5) is 0 Å². The SMILES string of the molecule is CCn1c([C@@H]2CCCN2C(=O)CCC(=O)OC)nc2ccccc21. The second-order valence-corrected chi connectivity index (χ2v) is 6.02. The lowest BCUT2D eigenvalue weighted by atomic mass is 10.2. The number of fused-ring (bicyclic) bond motifs is 1. The molecule has 3 rings (SSSR count). The van der Waals surface area contributed by atoms with Gasteiger partial charge >= 0.3 is 5.97 Å². The molecule has 128 valence electrons. The van der Waals surface area contributed by atoms with Crippen molar-refractivity contribution in [3.05, 3.63) is 30.1 Å². The fourth-order valence-corrected chi connectivity index (χ4v) is 3.47. The average molecular weight is 329 g/mol. The summed E-state index contributed by atoms with van der Waals surface area (Å²) in [6, 6.07) is 8.04. The minimum absolute atomic E-state index is 0.00221. The van der Waals surface area contributed by atoms with Gasteiger partial charge in [0.25, 0.3) is 0 Å². The summed E-state index contributed by atoms with van der Waals surface area (Å²) in [6.07, 6.45) is 2.19. The third-order valence-electron chi connectivity index (χ3n) is 4.64. The van der Waals surface area contributed by atoms with Crippen LogP contribution in [0.3, 0.4) is 0 Å². The molecule has 0 aliphatic carbocycles. The van der Waals surface area contributed by atoms with E-state index in [0.29, 0.717) is 0 Å². The zero-order valence-corrected chi connectivity index (χ0v) is 14.2. The predicted octanol–water partition coefficient (Wildman–Crippen LogP) is 2.67. The zero-order chi connectivity index (χ0) is 17.1. The molecule has 0 radical (unpaired) electrons. The Labute approximate surface area is 141 Å². The van der Waals surface area contributed by atoms with Crippen LogP contribution < -0.4 is 0 Å². The number of hydrogen-bond acceptors (Lipinski definition) is 4. The molecule has 0 bridgehead atoms. The Bertz CT molecular complexity index is 753. The highest BCUT2D eigenvalue weighted by Gasteiger charge is 2.33. The van der Waals surface area contributed by atoms with E-state index in [1.807, 2.05) is 23.1 Å². The standard InChI is InChI=1S/C18H23N3O3/c1-3-20-14-8-5-4-7-13(14)19-18(20)15-9-6-12-21(15)16(22)10-11-17(23)24-2/h4-5,7-8,15H,3,6,9-12H2,1-2H3/t15-/m0/s1. The summed E-state index contributed by atoms with van der Waals surface area (Å²) in [7, 11) is 1.34. The summed E-state index contributed by atoms with van der Waals surface area (Å²) < 4.78 is 6.81. The first kappa shape index (κ1) is 16.5. The normalized spacial score (nSPS) is 17.4. The number of esters is 1. The molecule has 1 atom stereocenters. The first-order valence-electron chi connectivity index (χ1n) is 8.47. The van der Waals surface area contributed by atoms with E-state index in [1.165, 1.54) is 7.11 Å². The number of nitrogens with zero attached hydrogens (tertiary/aromatic N) is 3. The summed E-state index contributed by atoms with van der Waals surface area (Å²) >= 11 is 0. The monoisotopic (exact) mass is 329 g/mol. The number of ether oxygens (including phenoxy) is 1. The van der Waals surface area contributed by atoms with Crippen LogP contribution in [0.2, 0.25) is 0 Å². The maximum Gasteiger partial charge on any atom is 0.306 e. The molecule has 1 amide bonds. The smallest absolute Gasteiger partial charge is 0.306 e. The maximum absolute atomic E-state index is 12.5. The molecule has 0 spiro atoms. The van der Waals surface area contributed by atoms with Gasteiger partial charge in [-0.1, -0.05) is 12.1 Å². The number of likely N-dealkylation sites (tertiary alicyclic amines) is 1. The quantitative estimate of drug-likeness (QED) is 0.791. The second-order valence-electron chi connectivity index (χ2n) is 6.02. The fourth-order valence-electron chi connectivity index (χ4n) is 3.47. The number of rotatable bonds is 5. The molecule has 0 saturated carbocycles. The summed E-state index contributed by atoms with van der Waals surface area (Å²) in [5.74, 6) is 0.597. The van der Waals surface area contributed by atoms with Crippen LogP contribution in [0.1, 0.15) is 44.5 Å². The van der Waals surface area contributed by atoms with Crippen molar-refractivity contribution >= 4 is 22.9 Å². The van der Waals surface area contributed by atoms with Crippen molar-refractivity contribution in [1.29, 1.82) is 0 Å². The first-order valence-corrected chi connectivity index (χ1v) is 8.47. The summed E-state index contributed by atoms with van der Waals surface area (Å²) in [4.78, 5) is 30.5. The van der Waals surface area contributed by atoms with Crippen molar-refractivity contribution in [2.45, 2.75) is 45.2 Å². The summed E-state index contributed by atoms with van der Waals surface area (Å²) in [5.41, 5.74) is 2.06. The van der Waals surface area contributed by atoms with Gasteiger partial charge in [0, 0.05) is 19.5 Å². The van der Waals surface area contributed by atoms with Gasteiger partial charge in [0.15, 0.2) is 0 Å². The number of methoxy groups -OCH3 is 1.